The lowest BCUT2D eigenvalue weighted by Crippen LogP contribution is -2.20. The van der Waals surface area contributed by atoms with Crippen molar-refractivity contribution < 1.29 is 19.4 Å². The SMILES string of the molecule is Cc1ccc(O)c(NC(=O)CSc2nc3sc(C(=O)OC4CCCCC4)c(C)c3c(=O)[nH]2)c1. The van der Waals surface area contributed by atoms with E-state index < -0.39 is 5.97 Å². The molecule has 1 aromatic carbocycles. The third kappa shape index (κ3) is 5.39. The number of aryl methyl sites for hydroxylation is 2. The Balaban J connectivity index is 1.47. The summed E-state index contributed by atoms with van der Waals surface area (Å²) in [7, 11) is 0. The molecule has 1 fully saturated rings. The summed E-state index contributed by atoms with van der Waals surface area (Å²) >= 11 is 2.21. The first-order chi connectivity index (χ1) is 15.8. The van der Waals surface area contributed by atoms with Crippen molar-refractivity contribution in [1.82, 2.24) is 9.97 Å². The number of aromatic hydroxyl groups is 1. The Morgan fingerprint density at radius 1 is 1.27 bits per heavy atom. The number of phenolic OH excluding ortho intramolecular Hbond substituents is 1. The van der Waals surface area contributed by atoms with Gasteiger partial charge in [-0.25, -0.2) is 9.78 Å². The van der Waals surface area contributed by atoms with Crippen LogP contribution in [0, 0.1) is 13.8 Å². The number of hydrogen-bond donors (Lipinski definition) is 3. The first-order valence-corrected chi connectivity index (χ1v) is 12.6. The summed E-state index contributed by atoms with van der Waals surface area (Å²) in [6.45, 7) is 3.58. The summed E-state index contributed by atoms with van der Waals surface area (Å²) in [5.41, 5.74) is 1.43. The maximum Gasteiger partial charge on any atom is 0.348 e. The van der Waals surface area contributed by atoms with Crippen LogP contribution in [0.15, 0.2) is 28.2 Å². The number of phenols is 1. The van der Waals surface area contributed by atoms with Crippen molar-refractivity contribution in [2.45, 2.75) is 57.2 Å². The fraction of sp³-hybridized carbons (Fsp3) is 0.391. The van der Waals surface area contributed by atoms with E-state index in [-0.39, 0.29) is 34.2 Å². The normalized spacial score (nSPS) is 14.4. The average molecular weight is 488 g/mol. The number of thiophene rings is 1. The van der Waals surface area contributed by atoms with Gasteiger partial charge in [-0.1, -0.05) is 24.2 Å². The van der Waals surface area contributed by atoms with Gasteiger partial charge < -0.3 is 20.1 Å². The molecular weight excluding hydrogens is 462 g/mol. The monoisotopic (exact) mass is 487 g/mol. The van der Waals surface area contributed by atoms with Crippen LogP contribution in [0.1, 0.15) is 52.9 Å². The molecule has 3 aromatic rings. The van der Waals surface area contributed by atoms with Crippen molar-refractivity contribution in [2.75, 3.05) is 11.1 Å². The molecule has 10 heteroatoms. The highest BCUT2D eigenvalue weighted by molar-refractivity contribution is 7.99. The molecule has 1 amide bonds. The number of aromatic amines is 1. The van der Waals surface area contributed by atoms with Crippen molar-refractivity contribution in [3.05, 3.63) is 44.6 Å². The zero-order valence-corrected chi connectivity index (χ0v) is 20.0. The highest BCUT2D eigenvalue weighted by Crippen LogP contribution is 2.31. The lowest BCUT2D eigenvalue weighted by atomic mass is 9.98. The second kappa shape index (κ2) is 9.96. The molecule has 4 rings (SSSR count). The quantitative estimate of drug-likeness (QED) is 0.202. The van der Waals surface area contributed by atoms with Gasteiger partial charge in [-0.05, 0) is 62.8 Å². The molecule has 0 spiro atoms. The van der Waals surface area contributed by atoms with Crippen molar-refractivity contribution >= 4 is 50.9 Å². The van der Waals surface area contributed by atoms with Crippen molar-refractivity contribution in [3.8, 4) is 5.75 Å². The number of esters is 1. The molecule has 1 saturated carbocycles. The van der Waals surface area contributed by atoms with Crippen molar-refractivity contribution in [3.63, 3.8) is 0 Å². The number of fused-ring (bicyclic) bond motifs is 1. The molecule has 3 N–H and O–H groups in total. The first kappa shape index (κ1) is 23.3. The summed E-state index contributed by atoms with van der Waals surface area (Å²) in [5, 5.41) is 13.2. The Kier molecular flexibility index (Phi) is 7.04. The fourth-order valence-electron chi connectivity index (χ4n) is 3.85. The number of nitrogens with one attached hydrogen (secondary N) is 2. The van der Waals surface area contributed by atoms with Crippen LogP contribution in [0.4, 0.5) is 5.69 Å². The van der Waals surface area contributed by atoms with Gasteiger partial charge in [0.05, 0.1) is 16.8 Å². The molecule has 1 aliphatic carbocycles. The number of benzene rings is 1. The highest BCUT2D eigenvalue weighted by atomic mass is 32.2. The highest BCUT2D eigenvalue weighted by Gasteiger charge is 2.24. The van der Waals surface area contributed by atoms with Crippen LogP contribution in [0.5, 0.6) is 5.75 Å². The summed E-state index contributed by atoms with van der Waals surface area (Å²) in [4.78, 5) is 45.7. The van der Waals surface area contributed by atoms with E-state index in [0.29, 0.717) is 26.3 Å². The number of anilines is 1. The number of carbonyl (C=O) groups excluding carboxylic acids is 2. The molecule has 2 heterocycles. The topological polar surface area (TPSA) is 121 Å². The van der Waals surface area contributed by atoms with Gasteiger partial charge in [0.25, 0.3) is 5.56 Å². The van der Waals surface area contributed by atoms with Crippen LogP contribution in [0.3, 0.4) is 0 Å². The average Bonchev–Trinajstić information content (AvgIpc) is 3.12. The molecule has 0 unspecified atom stereocenters. The van der Waals surface area contributed by atoms with Crippen LogP contribution in [0.25, 0.3) is 10.2 Å². The second-order valence-electron chi connectivity index (χ2n) is 8.13. The minimum Gasteiger partial charge on any atom is -0.506 e. The second-order valence-corrected chi connectivity index (χ2v) is 10.1. The zero-order valence-electron chi connectivity index (χ0n) is 18.4. The van der Waals surface area contributed by atoms with E-state index in [1.165, 1.54) is 12.5 Å². The van der Waals surface area contributed by atoms with Gasteiger partial charge in [-0.2, -0.15) is 0 Å². The molecule has 1 aliphatic rings. The van der Waals surface area contributed by atoms with Gasteiger partial charge in [0.15, 0.2) is 5.16 Å². The van der Waals surface area contributed by atoms with Gasteiger partial charge in [0.1, 0.15) is 21.6 Å². The summed E-state index contributed by atoms with van der Waals surface area (Å²) < 4.78 is 5.66. The number of hydrogen-bond acceptors (Lipinski definition) is 8. The van der Waals surface area contributed by atoms with Gasteiger partial charge in [0, 0.05) is 0 Å². The van der Waals surface area contributed by atoms with E-state index >= 15 is 0 Å². The van der Waals surface area contributed by atoms with Crippen molar-refractivity contribution in [2.24, 2.45) is 0 Å². The van der Waals surface area contributed by atoms with Gasteiger partial charge in [-0.15, -0.1) is 11.3 Å². The summed E-state index contributed by atoms with van der Waals surface area (Å²) in [6.07, 6.45) is 4.96. The number of amides is 1. The maximum atomic E-state index is 12.7. The molecule has 0 saturated heterocycles. The fourth-order valence-corrected chi connectivity index (χ4v) is 5.63. The van der Waals surface area contributed by atoms with E-state index in [1.54, 1.807) is 19.1 Å². The van der Waals surface area contributed by atoms with Crippen molar-refractivity contribution in [1.29, 1.82) is 0 Å². The van der Waals surface area contributed by atoms with Crippen LogP contribution >= 0.6 is 23.1 Å². The zero-order chi connectivity index (χ0) is 23.5. The Morgan fingerprint density at radius 3 is 2.79 bits per heavy atom. The molecular formula is C23H25N3O5S2. The van der Waals surface area contributed by atoms with Gasteiger partial charge >= 0.3 is 5.97 Å². The van der Waals surface area contributed by atoms with E-state index in [9.17, 15) is 19.5 Å². The third-order valence-electron chi connectivity index (χ3n) is 5.56. The van der Waals surface area contributed by atoms with Crippen LogP contribution in [-0.2, 0) is 9.53 Å². The van der Waals surface area contributed by atoms with Gasteiger partial charge in [-0.3, -0.25) is 9.59 Å². The summed E-state index contributed by atoms with van der Waals surface area (Å²) in [6, 6.07) is 4.93. The molecule has 0 aliphatic heterocycles. The largest absolute Gasteiger partial charge is 0.506 e. The number of nitrogens with zero attached hydrogens (tertiary/aromatic N) is 1. The first-order valence-electron chi connectivity index (χ1n) is 10.8. The molecule has 0 radical (unpaired) electrons. The molecule has 2 aromatic heterocycles. The van der Waals surface area contributed by atoms with E-state index in [2.05, 4.69) is 15.3 Å². The summed E-state index contributed by atoms with van der Waals surface area (Å²) in [5.74, 6) is -0.785. The minimum absolute atomic E-state index is 0.0111. The minimum atomic E-state index is -0.409. The Hall–Kier alpha value is -2.85. The van der Waals surface area contributed by atoms with E-state index in [0.717, 1.165) is 54.3 Å². The number of rotatable bonds is 6. The van der Waals surface area contributed by atoms with Crippen LogP contribution in [-0.4, -0.2) is 38.8 Å². The standard InChI is InChI=1S/C23H25N3O5S2/c1-12-8-9-16(27)15(10-12)24-17(28)11-32-23-25-20(29)18-13(2)19(33-21(18)26-23)22(30)31-14-6-4-3-5-7-14/h8-10,14,27H,3-7,11H2,1-2H3,(H,24,28)(H,25,26,29). The molecule has 174 valence electrons. The number of carbonyl (C=O) groups is 2. The van der Waals surface area contributed by atoms with E-state index in [1.807, 2.05) is 6.92 Å². The predicted octanol–water partition coefficient (Wildman–Crippen LogP) is 4.53. The number of H-pyrrole nitrogens is 1. The lowest BCUT2D eigenvalue weighted by molar-refractivity contribution is -0.113. The Morgan fingerprint density at radius 2 is 2.03 bits per heavy atom. The number of aromatic nitrogens is 2. The maximum absolute atomic E-state index is 12.7. The Labute approximate surface area is 198 Å². The van der Waals surface area contributed by atoms with Crippen LogP contribution < -0.4 is 10.9 Å². The Bertz CT molecular complexity index is 1260. The smallest absolute Gasteiger partial charge is 0.348 e. The molecule has 0 atom stereocenters. The number of thioether (sulfide) groups is 1. The van der Waals surface area contributed by atoms with Crippen LogP contribution in [0.2, 0.25) is 0 Å². The number of ether oxygens (including phenoxy) is 1. The van der Waals surface area contributed by atoms with Gasteiger partial charge in [0.2, 0.25) is 5.91 Å². The lowest BCUT2D eigenvalue weighted by Gasteiger charge is -2.21. The molecule has 8 nitrogen and oxygen atoms in total. The predicted molar refractivity (Wildman–Crippen MR) is 129 cm³/mol. The third-order valence-corrected chi connectivity index (χ3v) is 7.60. The molecule has 33 heavy (non-hydrogen) atoms. The van der Waals surface area contributed by atoms with E-state index in [4.69, 9.17) is 4.74 Å². The molecule has 0 bridgehead atoms.